The summed E-state index contributed by atoms with van der Waals surface area (Å²) in [5.74, 6) is 1.71. The summed E-state index contributed by atoms with van der Waals surface area (Å²) in [7, 11) is 0. The summed E-state index contributed by atoms with van der Waals surface area (Å²) in [4.78, 5) is 0. The first-order chi connectivity index (χ1) is 7.77. The molecule has 1 aromatic rings. The van der Waals surface area contributed by atoms with Crippen LogP contribution in [0.4, 0.5) is 0 Å². The van der Waals surface area contributed by atoms with E-state index in [1.165, 1.54) is 31.2 Å². The predicted octanol–water partition coefficient (Wildman–Crippen LogP) is 3.70. The zero-order chi connectivity index (χ0) is 11.4. The summed E-state index contributed by atoms with van der Waals surface area (Å²) in [5.41, 5.74) is 1.48. The lowest BCUT2D eigenvalue weighted by molar-refractivity contribution is 0.210. The van der Waals surface area contributed by atoms with Gasteiger partial charge >= 0.3 is 0 Å². The third kappa shape index (κ3) is 3.08. The Balaban J connectivity index is 1.75. The van der Waals surface area contributed by atoms with Crippen LogP contribution in [0.25, 0.3) is 0 Å². The van der Waals surface area contributed by atoms with E-state index in [-0.39, 0.29) is 0 Å². The normalized spacial score (nSPS) is 30.5. The van der Waals surface area contributed by atoms with Gasteiger partial charge in [0.1, 0.15) is 0 Å². The van der Waals surface area contributed by atoms with Crippen molar-refractivity contribution in [2.24, 2.45) is 11.8 Å². The van der Waals surface area contributed by atoms with Crippen LogP contribution < -0.4 is 5.32 Å². The highest BCUT2D eigenvalue weighted by Crippen LogP contribution is 2.28. The lowest BCUT2D eigenvalue weighted by Gasteiger charge is -2.35. The van der Waals surface area contributed by atoms with Gasteiger partial charge in [0.05, 0.1) is 0 Å². The summed E-state index contributed by atoms with van der Waals surface area (Å²) < 4.78 is 0. The maximum Gasteiger partial charge on any atom is 0.0118 e. The van der Waals surface area contributed by atoms with Gasteiger partial charge in [0.15, 0.2) is 0 Å². The van der Waals surface area contributed by atoms with Gasteiger partial charge in [-0.15, -0.1) is 0 Å². The molecule has 2 heteroatoms. The van der Waals surface area contributed by atoms with Crippen LogP contribution in [0.2, 0.25) is 0 Å². The molecule has 1 nitrogen and oxygen atoms in total. The Morgan fingerprint density at radius 1 is 1.31 bits per heavy atom. The summed E-state index contributed by atoms with van der Waals surface area (Å²) >= 11 is 1.80. The highest BCUT2D eigenvalue weighted by molar-refractivity contribution is 7.07. The lowest BCUT2D eigenvalue weighted by atomic mass is 9.79. The van der Waals surface area contributed by atoms with Gasteiger partial charge in [0.2, 0.25) is 0 Å². The molecular formula is C14H23NS. The number of hydrogen-bond acceptors (Lipinski definition) is 2. The van der Waals surface area contributed by atoms with Crippen LogP contribution in [0.1, 0.15) is 38.7 Å². The first kappa shape index (κ1) is 12.1. The molecule has 1 aliphatic rings. The van der Waals surface area contributed by atoms with Crippen molar-refractivity contribution in [2.75, 3.05) is 6.54 Å². The van der Waals surface area contributed by atoms with E-state index in [9.17, 15) is 0 Å². The van der Waals surface area contributed by atoms with E-state index >= 15 is 0 Å². The Kier molecular flexibility index (Phi) is 4.42. The summed E-state index contributed by atoms with van der Waals surface area (Å²) in [6.45, 7) is 5.94. The van der Waals surface area contributed by atoms with Gasteiger partial charge in [-0.25, -0.2) is 0 Å². The second kappa shape index (κ2) is 5.83. The number of rotatable bonds is 4. The zero-order valence-corrected chi connectivity index (χ0v) is 11.2. The standard InChI is InChI=1S/C14H23NS/c1-11-4-3-5-12(2)14(11)15-8-6-13-7-9-16-10-13/h7,9-12,14-15H,3-6,8H2,1-2H3. The van der Waals surface area contributed by atoms with Gasteiger partial charge in [-0.2, -0.15) is 11.3 Å². The van der Waals surface area contributed by atoms with Crippen molar-refractivity contribution in [1.29, 1.82) is 0 Å². The third-order valence-corrected chi connectivity index (χ3v) is 4.65. The van der Waals surface area contributed by atoms with Crippen LogP contribution in [-0.4, -0.2) is 12.6 Å². The van der Waals surface area contributed by atoms with E-state index in [4.69, 9.17) is 0 Å². The summed E-state index contributed by atoms with van der Waals surface area (Å²) in [6.07, 6.45) is 5.41. The topological polar surface area (TPSA) is 12.0 Å². The van der Waals surface area contributed by atoms with Crippen molar-refractivity contribution < 1.29 is 0 Å². The fraction of sp³-hybridized carbons (Fsp3) is 0.714. The van der Waals surface area contributed by atoms with E-state index in [0.29, 0.717) is 0 Å². The fourth-order valence-electron chi connectivity index (χ4n) is 2.90. The molecule has 1 heterocycles. The molecule has 2 rings (SSSR count). The highest BCUT2D eigenvalue weighted by atomic mass is 32.1. The van der Waals surface area contributed by atoms with E-state index in [0.717, 1.165) is 24.4 Å². The Labute approximate surface area is 103 Å². The van der Waals surface area contributed by atoms with Gasteiger partial charge in [0, 0.05) is 6.04 Å². The average Bonchev–Trinajstić information content (AvgIpc) is 2.75. The van der Waals surface area contributed by atoms with Crippen molar-refractivity contribution >= 4 is 11.3 Å². The van der Waals surface area contributed by atoms with Crippen molar-refractivity contribution in [3.05, 3.63) is 22.4 Å². The molecular weight excluding hydrogens is 214 g/mol. The Morgan fingerprint density at radius 3 is 2.69 bits per heavy atom. The molecule has 0 radical (unpaired) electrons. The van der Waals surface area contributed by atoms with Crippen LogP contribution in [0.3, 0.4) is 0 Å². The van der Waals surface area contributed by atoms with Crippen LogP contribution in [0, 0.1) is 11.8 Å². The minimum Gasteiger partial charge on any atom is -0.313 e. The first-order valence-electron chi connectivity index (χ1n) is 6.52. The van der Waals surface area contributed by atoms with Gasteiger partial charge in [0.25, 0.3) is 0 Å². The van der Waals surface area contributed by atoms with Crippen LogP contribution in [-0.2, 0) is 6.42 Å². The van der Waals surface area contributed by atoms with Crippen molar-refractivity contribution in [3.8, 4) is 0 Å². The second-order valence-corrected chi connectivity index (χ2v) is 6.03. The molecule has 1 saturated carbocycles. The Morgan fingerprint density at radius 2 is 2.06 bits per heavy atom. The molecule has 90 valence electrons. The maximum absolute atomic E-state index is 3.76. The molecule has 2 atom stereocenters. The zero-order valence-electron chi connectivity index (χ0n) is 10.4. The predicted molar refractivity (Wildman–Crippen MR) is 72.0 cm³/mol. The monoisotopic (exact) mass is 237 g/mol. The maximum atomic E-state index is 3.76. The Bertz CT molecular complexity index is 284. The molecule has 1 aromatic heterocycles. The molecule has 16 heavy (non-hydrogen) atoms. The van der Waals surface area contributed by atoms with Gasteiger partial charge < -0.3 is 5.32 Å². The van der Waals surface area contributed by atoms with Crippen LogP contribution in [0.5, 0.6) is 0 Å². The molecule has 1 N–H and O–H groups in total. The van der Waals surface area contributed by atoms with E-state index in [1.807, 2.05) is 0 Å². The second-order valence-electron chi connectivity index (χ2n) is 5.25. The largest absolute Gasteiger partial charge is 0.313 e. The molecule has 0 saturated heterocycles. The number of nitrogens with one attached hydrogen (secondary N) is 1. The Hall–Kier alpha value is -0.340. The number of hydrogen-bond donors (Lipinski definition) is 1. The van der Waals surface area contributed by atoms with E-state index in [1.54, 1.807) is 11.3 Å². The van der Waals surface area contributed by atoms with Gasteiger partial charge in [-0.1, -0.05) is 20.3 Å². The van der Waals surface area contributed by atoms with E-state index < -0.39 is 0 Å². The summed E-state index contributed by atoms with van der Waals surface area (Å²) in [6, 6.07) is 2.98. The highest BCUT2D eigenvalue weighted by Gasteiger charge is 2.26. The molecule has 1 aliphatic carbocycles. The molecule has 2 unspecified atom stereocenters. The van der Waals surface area contributed by atoms with Crippen LogP contribution >= 0.6 is 11.3 Å². The quantitative estimate of drug-likeness (QED) is 0.842. The molecule has 0 amide bonds. The lowest BCUT2D eigenvalue weighted by Crippen LogP contribution is -2.43. The molecule has 0 aromatic carbocycles. The van der Waals surface area contributed by atoms with Gasteiger partial charge in [-0.05, 0) is 60.0 Å². The van der Waals surface area contributed by atoms with Crippen molar-refractivity contribution in [2.45, 2.75) is 45.6 Å². The van der Waals surface area contributed by atoms with E-state index in [2.05, 4.69) is 36.0 Å². The average molecular weight is 237 g/mol. The number of thiophene rings is 1. The van der Waals surface area contributed by atoms with Gasteiger partial charge in [-0.3, -0.25) is 0 Å². The molecule has 0 aliphatic heterocycles. The third-order valence-electron chi connectivity index (χ3n) is 3.92. The molecule has 0 bridgehead atoms. The van der Waals surface area contributed by atoms with Crippen molar-refractivity contribution in [3.63, 3.8) is 0 Å². The minimum absolute atomic E-state index is 0.743. The van der Waals surface area contributed by atoms with Crippen molar-refractivity contribution in [1.82, 2.24) is 5.32 Å². The molecule has 0 spiro atoms. The van der Waals surface area contributed by atoms with Crippen LogP contribution in [0.15, 0.2) is 16.8 Å². The minimum atomic E-state index is 0.743. The first-order valence-corrected chi connectivity index (χ1v) is 7.46. The SMILES string of the molecule is CC1CCCC(C)C1NCCc1ccsc1. The molecule has 1 fully saturated rings. The summed E-state index contributed by atoms with van der Waals surface area (Å²) in [5, 5.41) is 8.19. The smallest absolute Gasteiger partial charge is 0.0118 e. The fourth-order valence-corrected chi connectivity index (χ4v) is 3.61.